The van der Waals surface area contributed by atoms with E-state index in [9.17, 15) is 0 Å². The summed E-state index contributed by atoms with van der Waals surface area (Å²) in [6.07, 6.45) is 13.6. The molecule has 0 radical (unpaired) electrons. The Labute approximate surface area is 131 Å². The molecule has 0 spiro atoms. The van der Waals surface area contributed by atoms with Crippen molar-refractivity contribution in [2.45, 2.75) is 64.7 Å². The van der Waals surface area contributed by atoms with Gasteiger partial charge in [0.15, 0.2) is 0 Å². The van der Waals surface area contributed by atoms with Gasteiger partial charge in [-0.1, -0.05) is 0 Å². The van der Waals surface area contributed by atoms with Crippen LogP contribution in [0, 0.1) is 34.0 Å². The SMILES string of the molecule is CCCCCCCC[PH](CCC#N)(CCC#N)CCC#N. The van der Waals surface area contributed by atoms with Crippen molar-refractivity contribution in [3.05, 3.63) is 0 Å². The summed E-state index contributed by atoms with van der Waals surface area (Å²) in [5, 5.41) is 26.7. The van der Waals surface area contributed by atoms with Crippen LogP contribution in [0.2, 0.25) is 0 Å². The third-order valence-electron chi connectivity index (χ3n) is 4.36. The Morgan fingerprint density at radius 2 is 1.05 bits per heavy atom. The van der Waals surface area contributed by atoms with Gasteiger partial charge in [-0.25, -0.2) is 0 Å². The van der Waals surface area contributed by atoms with Crippen LogP contribution in [0.25, 0.3) is 0 Å². The molecular formula is C17H30N3P. The Bertz CT molecular complexity index is 327. The molecule has 0 saturated carbocycles. The average molecular weight is 307 g/mol. The minimum atomic E-state index is -1.59. The van der Waals surface area contributed by atoms with Crippen LogP contribution in [0.4, 0.5) is 0 Å². The molecule has 0 aromatic rings. The first kappa shape index (κ1) is 19.9. The van der Waals surface area contributed by atoms with Crippen molar-refractivity contribution < 1.29 is 0 Å². The Kier molecular flexibility index (Phi) is 13.1. The molecule has 0 heterocycles. The van der Waals surface area contributed by atoms with Gasteiger partial charge >= 0.3 is 131 Å². The van der Waals surface area contributed by atoms with Gasteiger partial charge in [-0.3, -0.25) is 0 Å². The minimum absolute atomic E-state index is 0.596. The van der Waals surface area contributed by atoms with Crippen molar-refractivity contribution in [3.63, 3.8) is 0 Å². The van der Waals surface area contributed by atoms with Crippen molar-refractivity contribution in [2.75, 3.05) is 24.6 Å². The number of rotatable bonds is 13. The summed E-state index contributed by atoms with van der Waals surface area (Å²) in [5.74, 6) is 0. The molecule has 0 fully saturated rings. The first-order valence-electron chi connectivity index (χ1n) is 8.35. The van der Waals surface area contributed by atoms with Crippen LogP contribution in [0.15, 0.2) is 0 Å². The van der Waals surface area contributed by atoms with Gasteiger partial charge in [0.25, 0.3) is 0 Å². The van der Waals surface area contributed by atoms with Gasteiger partial charge in [-0.2, -0.15) is 0 Å². The van der Waals surface area contributed by atoms with Crippen LogP contribution >= 0.6 is 7.26 Å². The normalized spacial score (nSPS) is 11.3. The molecule has 0 N–H and O–H groups in total. The van der Waals surface area contributed by atoms with Crippen molar-refractivity contribution in [2.24, 2.45) is 0 Å². The molecule has 0 aliphatic rings. The fraction of sp³-hybridized carbons (Fsp3) is 0.824. The van der Waals surface area contributed by atoms with Crippen LogP contribution in [0.1, 0.15) is 64.7 Å². The summed E-state index contributed by atoms with van der Waals surface area (Å²) in [7, 11) is -1.59. The standard InChI is InChI=1S/C17H30N3P/c1-2-3-4-5-6-7-14-21(15-8-11-18,16-9-12-19)17-10-13-20/h21H,2-10,14-17H2,1H3. The molecule has 3 nitrogen and oxygen atoms in total. The van der Waals surface area contributed by atoms with Gasteiger partial charge in [0.1, 0.15) is 0 Å². The van der Waals surface area contributed by atoms with Gasteiger partial charge in [-0.15, -0.1) is 0 Å². The van der Waals surface area contributed by atoms with Crippen molar-refractivity contribution >= 4 is 7.26 Å². The fourth-order valence-corrected chi connectivity index (χ4v) is 7.42. The maximum atomic E-state index is 8.89. The van der Waals surface area contributed by atoms with Gasteiger partial charge in [0.05, 0.1) is 0 Å². The van der Waals surface area contributed by atoms with Crippen molar-refractivity contribution in [3.8, 4) is 18.2 Å². The molecule has 21 heavy (non-hydrogen) atoms. The second kappa shape index (κ2) is 13.9. The molecule has 0 amide bonds. The molecule has 0 rings (SSSR count). The van der Waals surface area contributed by atoms with E-state index < -0.39 is 7.26 Å². The van der Waals surface area contributed by atoms with Crippen LogP contribution in [-0.4, -0.2) is 24.6 Å². The number of unbranched alkanes of at least 4 members (excludes halogenated alkanes) is 5. The summed E-state index contributed by atoms with van der Waals surface area (Å²) in [4.78, 5) is 0. The Hall–Kier alpha value is -1.10. The van der Waals surface area contributed by atoms with E-state index in [1.807, 2.05) is 0 Å². The predicted octanol–water partition coefficient (Wildman–Crippen LogP) is 4.84. The van der Waals surface area contributed by atoms with Gasteiger partial charge < -0.3 is 0 Å². The molecule has 0 atom stereocenters. The van der Waals surface area contributed by atoms with E-state index in [0.29, 0.717) is 19.3 Å². The predicted molar refractivity (Wildman–Crippen MR) is 91.8 cm³/mol. The molecule has 0 saturated heterocycles. The van der Waals surface area contributed by atoms with E-state index in [-0.39, 0.29) is 0 Å². The van der Waals surface area contributed by atoms with E-state index in [0.717, 1.165) is 18.5 Å². The molecule has 118 valence electrons. The first-order valence-corrected chi connectivity index (χ1v) is 11.2. The third kappa shape index (κ3) is 10.3. The molecule has 0 aliphatic heterocycles. The van der Waals surface area contributed by atoms with Crippen LogP contribution in [0.3, 0.4) is 0 Å². The zero-order valence-corrected chi connectivity index (χ0v) is 14.5. The van der Waals surface area contributed by atoms with Gasteiger partial charge in [0.2, 0.25) is 0 Å². The zero-order valence-electron chi connectivity index (χ0n) is 13.5. The summed E-state index contributed by atoms with van der Waals surface area (Å²) >= 11 is 0. The molecular weight excluding hydrogens is 277 g/mol. The molecule has 0 bridgehead atoms. The molecule has 0 aromatic heterocycles. The maximum absolute atomic E-state index is 8.89. The van der Waals surface area contributed by atoms with E-state index in [1.165, 1.54) is 44.7 Å². The third-order valence-corrected chi connectivity index (χ3v) is 9.71. The van der Waals surface area contributed by atoms with Crippen LogP contribution in [-0.2, 0) is 0 Å². The Morgan fingerprint density at radius 3 is 1.48 bits per heavy atom. The van der Waals surface area contributed by atoms with E-state index >= 15 is 0 Å². The quantitative estimate of drug-likeness (QED) is 0.361. The van der Waals surface area contributed by atoms with Crippen molar-refractivity contribution in [1.29, 1.82) is 15.8 Å². The Balaban J connectivity index is 4.40. The summed E-state index contributed by atoms with van der Waals surface area (Å²) in [6, 6.07) is 6.79. The van der Waals surface area contributed by atoms with Crippen LogP contribution < -0.4 is 0 Å². The number of nitrogens with zero attached hydrogens (tertiary/aromatic N) is 3. The average Bonchev–Trinajstić information content (AvgIpc) is 2.51. The fourth-order valence-electron chi connectivity index (χ4n) is 2.99. The summed E-state index contributed by atoms with van der Waals surface area (Å²) in [5.41, 5.74) is 0. The number of nitriles is 3. The van der Waals surface area contributed by atoms with E-state index in [4.69, 9.17) is 15.8 Å². The first-order chi connectivity index (χ1) is 10.2. The number of hydrogen-bond donors (Lipinski definition) is 0. The van der Waals surface area contributed by atoms with Crippen LogP contribution in [0.5, 0.6) is 0 Å². The molecule has 0 unspecified atom stereocenters. The van der Waals surface area contributed by atoms with Crippen molar-refractivity contribution in [1.82, 2.24) is 0 Å². The monoisotopic (exact) mass is 307 g/mol. The van der Waals surface area contributed by atoms with E-state index in [2.05, 4.69) is 25.1 Å². The molecule has 0 aromatic carbocycles. The summed E-state index contributed by atoms with van der Waals surface area (Å²) < 4.78 is 0. The topological polar surface area (TPSA) is 71.4 Å². The van der Waals surface area contributed by atoms with Gasteiger partial charge in [0, 0.05) is 0 Å². The zero-order chi connectivity index (χ0) is 15.8. The Morgan fingerprint density at radius 1 is 0.619 bits per heavy atom. The van der Waals surface area contributed by atoms with E-state index in [1.54, 1.807) is 0 Å². The number of hydrogen-bond acceptors (Lipinski definition) is 3. The molecule has 4 heteroatoms. The second-order valence-corrected chi connectivity index (χ2v) is 11.0. The second-order valence-electron chi connectivity index (χ2n) is 5.99. The molecule has 0 aliphatic carbocycles. The summed E-state index contributed by atoms with van der Waals surface area (Å²) in [6.45, 7) is 2.23. The van der Waals surface area contributed by atoms with Gasteiger partial charge in [-0.05, 0) is 0 Å².